The van der Waals surface area contributed by atoms with Gasteiger partial charge in [0.15, 0.2) is 11.5 Å². The third kappa shape index (κ3) is 5.11. The molecule has 11 heteroatoms. The standard InChI is InChI=1S/C25H37N7O4/c1-3-27-24(33)18-7-8-19(36-18)32-14-28-20-21(26)29-22(30-23(20)32)15(2)13-16-9-11-31(12-10-16)25(34)35-17-5-4-6-17/h14-19H,3-13H2,1-2H3,(H,27,33)(H2,26,29,30)/t15?,18-,19+/m0/s1. The highest BCUT2D eigenvalue weighted by atomic mass is 16.6. The zero-order valence-corrected chi connectivity index (χ0v) is 21.2. The predicted molar refractivity (Wildman–Crippen MR) is 133 cm³/mol. The van der Waals surface area contributed by atoms with E-state index in [2.05, 4.69) is 22.2 Å². The van der Waals surface area contributed by atoms with Crippen molar-refractivity contribution < 1.29 is 19.1 Å². The number of nitrogen functional groups attached to an aromatic ring is 1. The van der Waals surface area contributed by atoms with Gasteiger partial charge in [-0.2, -0.15) is 0 Å². The van der Waals surface area contributed by atoms with Crippen molar-refractivity contribution >= 4 is 29.0 Å². The van der Waals surface area contributed by atoms with Crippen molar-refractivity contribution in [2.75, 3.05) is 25.4 Å². The molecule has 0 aromatic carbocycles. The van der Waals surface area contributed by atoms with Crippen molar-refractivity contribution in [2.45, 2.75) is 89.6 Å². The quantitative estimate of drug-likeness (QED) is 0.593. The molecule has 5 rings (SSSR count). The molecule has 4 heterocycles. The van der Waals surface area contributed by atoms with E-state index in [0.717, 1.165) is 51.6 Å². The van der Waals surface area contributed by atoms with E-state index in [9.17, 15) is 9.59 Å². The Morgan fingerprint density at radius 1 is 1.19 bits per heavy atom. The second-order valence-corrected chi connectivity index (χ2v) is 10.3. The highest BCUT2D eigenvalue weighted by Gasteiger charge is 2.33. The molecular formula is C25H37N7O4. The number of nitrogens with zero attached hydrogens (tertiary/aromatic N) is 5. The number of hydrogen-bond donors (Lipinski definition) is 2. The van der Waals surface area contributed by atoms with Crippen molar-refractivity contribution in [3.63, 3.8) is 0 Å². The molecular weight excluding hydrogens is 462 g/mol. The summed E-state index contributed by atoms with van der Waals surface area (Å²) in [5, 5.41) is 2.82. The molecule has 2 aliphatic heterocycles. The normalized spacial score (nSPS) is 24.0. The molecule has 2 saturated heterocycles. The summed E-state index contributed by atoms with van der Waals surface area (Å²) in [6.07, 6.45) is 8.13. The van der Waals surface area contributed by atoms with Crippen LogP contribution < -0.4 is 11.1 Å². The lowest BCUT2D eigenvalue weighted by Crippen LogP contribution is -2.41. The molecule has 2 aromatic rings. The summed E-state index contributed by atoms with van der Waals surface area (Å²) in [6.45, 7) is 6.04. The van der Waals surface area contributed by atoms with Gasteiger partial charge in [-0.25, -0.2) is 19.7 Å². The summed E-state index contributed by atoms with van der Waals surface area (Å²) >= 11 is 0. The first kappa shape index (κ1) is 24.7. The van der Waals surface area contributed by atoms with Gasteiger partial charge in [-0.1, -0.05) is 6.92 Å². The van der Waals surface area contributed by atoms with E-state index in [-0.39, 0.29) is 30.3 Å². The van der Waals surface area contributed by atoms with Crippen molar-refractivity contribution in [2.24, 2.45) is 5.92 Å². The number of rotatable bonds is 7. The molecule has 3 atom stereocenters. The summed E-state index contributed by atoms with van der Waals surface area (Å²) in [5.74, 6) is 1.54. The van der Waals surface area contributed by atoms with Crippen LogP contribution in [0.1, 0.15) is 83.2 Å². The Bertz CT molecular complexity index is 1090. The van der Waals surface area contributed by atoms with E-state index >= 15 is 0 Å². The van der Waals surface area contributed by atoms with E-state index < -0.39 is 6.10 Å². The molecule has 2 aromatic heterocycles. The Labute approximate surface area is 211 Å². The number of hydrogen-bond acceptors (Lipinski definition) is 8. The van der Waals surface area contributed by atoms with E-state index in [4.69, 9.17) is 20.2 Å². The Morgan fingerprint density at radius 2 is 1.97 bits per heavy atom. The highest BCUT2D eigenvalue weighted by Crippen LogP contribution is 2.34. The largest absolute Gasteiger partial charge is 0.446 e. The fourth-order valence-electron chi connectivity index (χ4n) is 5.35. The van der Waals surface area contributed by atoms with E-state index in [1.165, 1.54) is 0 Å². The number of nitrogens with two attached hydrogens (primary N) is 1. The molecule has 0 radical (unpaired) electrons. The molecule has 1 unspecified atom stereocenters. The van der Waals surface area contributed by atoms with Crippen LogP contribution in [0.2, 0.25) is 0 Å². The van der Waals surface area contributed by atoms with Crippen molar-refractivity contribution in [3.8, 4) is 0 Å². The van der Waals surface area contributed by atoms with Crippen LogP contribution in [0.4, 0.5) is 10.6 Å². The van der Waals surface area contributed by atoms with Crippen LogP contribution in [0, 0.1) is 5.92 Å². The maximum Gasteiger partial charge on any atom is 0.410 e. The topological polar surface area (TPSA) is 137 Å². The molecule has 0 spiro atoms. The Kier molecular flexibility index (Phi) is 7.27. The minimum Gasteiger partial charge on any atom is -0.446 e. The Hall–Kier alpha value is -2.95. The molecule has 1 aliphatic carbocycles. The number of imidazole rings is 1. The number of fused-ring (bicyclic) bond motifs is 1. The van der Waals surface area contributed by atoms with Crippen molar-refractivity contribution in [3.05, 3.63) is 12.2 Å². The molecule has 36 heavy (non-hydrogen) atoms. The molecule has 3 aliphatic rings. The average molecular weight is 500 g/mol. The van der Waals surface area contributed by atoms with Gasteiger partial charge in [0.1, 0.15) is 29.8 Å². The molecule has 11 nitrogen and oxygen atoms in total. The molecule has 196 valence electrons. The first-order chi connectivity index (χ1) is 17.4. The lowest BCUT2D eigenvalue weighted by atomic mass is 9.87. The number of anilines is 1. The van der Waals surface area contributed by atoms with Gasteiger partial charge in [-0.3, -0.25) is 9.36 Å². The van der Waals surface area contributed by atoms with Gasteiger partial charge in [0.05, 0.1) is 6.33 Å². The number of nitrogens with one attached hydrogen (secondary N) is 1. The Morgan fingerprint density at radius 3 is 2.67 bits per heavy atom. The number of amides is 2. The van der Waals surface area contributed by atoms with Crippen LogP contribution in [0.5, 0.6) is 0 Å². The van der Waals surface area contributed by atoms with Crippen LogP contribution in [-0.4, -0.2) is 68.3 Å². The second-order valence-electron chi connectivity index (χ2n) is 10.3. The smallest absolute Gasteiger partial charge is 0.410 e. The SMILES string of the molecule is CCNC(=O)[C@@H]1CC[C@H](n2cnc3c(N)nc(C(C)CC4CCN(C(=O)OC5CCC5)CC4)nc32)O1. The van der Waals surface area contributed by atoms with Crippen molar-refractivity contribution in [1.29, 1.82) is 0 Å². The second kappa shape index (κ2) is 10.6. The minimum absolute atomic E-state index is 0.0878. The maximum absolute atomic E-state index is 12.3. The number of piperidine rings is 1. The van der Waals surface area contributed by atoms with Gasteiger partial charge in [0.2, 0.25) is 5.91 Å². The molecule has 3 N–H and O–H groups in total. The van der Waals surface area contributed by atoms with Gasteiger partial charge in [0, 0.05) is 25.6 Å². The van der Waals surface area contributed by atoms with Gasteiger partial charge in [-0.05, 0) is 64.2 Å². The summed E-state index contributed by atoms with van der Waals surface area (Å²) < 4.78 is 13.4. The number of ether oxygens (including phenoxy) is 2. The zero-order valence-electron chi connectivity index (χ0n) is 21.2. The zero-order chi connectivity index (χ0) is 25.2. The average Bonchev–Trinajstić information content (AvgIpc) is 3.49. The van der Waals surface area contributed by atoms with E-state index in [1.807, 2.05) is 16.4 Å². The van der Waals surface area contributed by atoms with Crippen LogP contribution in [0.25, 0.3) is 11.2 Å². The number of carbonyl (C=O) groups is 2. The highest BCUT2D eigenvalue weighted by molar-refractivity contribution is 5.82. The molecule has 1 saturated carbocycles. The van der Waals surface area contributed by atoms with Crippen molar-refractivity contribution in [1.82, 2.24) is 29.7 Å². The van der Waals surface area contributed by atoms with Crippen LogP contribution >= 0.6 is 0 Å². The van der Waals surface area contributed by atoms with E-state index in [0.29, 0.717) is 48.1 Å². The van der Waals surface area contributed by atoms with Gasteiger partial charge in [-0.15, -0.1) is 0 Å². The Balaban J connectivity index is 1.21. The fourth-order valence-corrected chi connectivity index (χ4v) is 5.35. The summed E-state index contributed by atoms with van der Waals surface area (Å²) in [7, 11) is 0. The molecule has 3 fully saturated rings. The first-order valence-corrected chi connectivity index (χ1v) is 13.3. The van der Waals surface area contributed by atoms with Gasteiger partial charge in [0.25, 0.3) is 0 Å². The molecule has 2 amide bonds. The minimum atomic E-state index is -0.471. The first-order valence-electron chi connectivity index (χ1n) is 13.3. The summed E-state index contributed by atoms with van der Waals surface area (Å²) in [5.41, 5.74) is 7.46. The summed E-state index contributed by atoms with van der Waals surface area (Å²) in [4.78, 5) is 40.2. The lowest BCUT2D eigenvalue weighted by Gasteiger charge is -2.34. The van der Waals surface area contributed by atoms with Crippen LogP contribution in [-0.2, 0) is 14.3 Å². The number of aromatic nitrogens is 4. The number of carbonyl (C=O) groups excluding carboxylic acids is 2. The monoisotopic (exact) mass is 499 g/mol. The third-order valence-electron chi connectivity index (χ3n) is 7.74. The fraction of sp³-hybridized carbons (Fsp3) is 0.720. The van der Waals surface area contributed by atoms with Gasteiger partial charge < -0.3 is 25.4 Å². The maximum atomic E-state index is 12.3. The predicted octanol–water partition coefficient (Wildman–Crippen LogP) is 3.12. The number of likely N-dealkylation sites (N-methyl/N-ethyl adjacent to an activating group) is 1. The summed E-state index contributed by atoms with van der Waals surface area (Å²) in [6, 6.07) is 0. The van der Waals surface area contributed by atoms with Crippen LogP contribution in [0.15, 0.2) is 6.33 Å². The number of likely N-dealkylation sites (tertiary alicyclic amines) is 1. The van der Waals surface area contributed by atoms with Gasteiger partial charge >= 0.3 is 6.09 Å². The lowest BCUT2D eigenvalue weighted by molar-refractivity contribution is -0.133. The van der Waals surface area contributed by atoms with Crippen LogP contribution in [0.3, 0.4) is 0 Å². The third-order valence-corrected chi connectivity index (χ3v) is 7.74. The van der Waals surface area contributed by atoms with E-state index in [1.54, 1.807) is 6.33 Å². The molecule has 0 bridgehead atoms.